The molecule has 38 heavy (non-hydrogen) atoms. The Bertz CT molecular complexity index is 1460. The largest absolute Gasteiger partial charge is 0.507 e. The maximum atomic E-state index is 10.4. The summed E-state index contributed by atoms with van der Waals surface area (Å²) in [5, 5.41) is 20.8. The van der Waals surface area contributed by atoms with E-state index in [1.807, 2.05) is 84.9 Å². The summed E-state index contributed by atoms with van der Waals surface area (Å²) in [5.74, 6) is 0.346. The number of nitrogens with zero attached hydrogens (tertiary/aromatic N) is 2. The first-order valence-corrected chi connectivity index (χ1v) is 12.5. The van der Waals surface area contributed by atoms with E-state index < -0.39 is 0 Å². The molecule has 0 spiro atoms. The van der Waals surface area contributed by atoms with Gasteiger partial charge >= 0.3 is 0 Å². The molecule has 0 heterocycles. The highest BCUT2D eigenvalue weighted by Gasteiger charge is 2.05. The number of hydrogen-bond donors (Lipinski definition) is 2. The van der Waals surface area contributed by atoms with Crippen molar-refractivity contribution in [2.45, 2.75) is 12.8 Å². The van der Waals surface area contributed by atoms with Gasteiger partial charge in [0, 0.05) is 23.6 Å². The molecule has 2 N–H and O–H groups in total. The summed E-state index contributed by atoms with van der Waals surface area (Å²) in [6.45, 7) is 0. The Morgan fingerprint density at radius 1 is 0.447 bits per heavy atom. The van der Waals surface area contributed by atoms with Crippen LogP contribution in [-0.4, -0.2) is 22.6 Å². The van der Waals surface area contributed by atoms with Crippen LogP contribution in [0.3, 0.4) is 0 Å². The summed E-state index contributed by atoms with van der Waals surface area (Å²) >= 11 is 0. The fraction of sp³-hybridized carbons (Fsp3) is 0.0588. The van der Waals surface area contributed by atoms with Gasteiger partial charge in [-0.15, -0.1) is 0 Å². The molecule has 0 fully saturated rings. The molecule has 4 heteroatoms. The molecule has 0 saturated heterocycles. The lowest BCUT2D eigenvalue weighted by molar-refractivity contribution is 0.473. The van der Waals surface area contributed by atoms with Crippen LogP contribution in [0.4, 0.5) is 11.4 Å². The first-order valence-electron chi connectivity index (χ1n) is 12.5. The van der Waals surface area contributed by atoms with Crippen molar-refractivity contribution in [3.8, 4) is 11.5 Å². The van der Waals surface area contributed by atoms with E-state index in [0.717, 1.165) is 24.0 Å². The van der Waals surface area contributed by atoms with E-state index >= 15 is 0 Å². The van der Waals surface area contributed by atoms with Gasteiger partial charge in [-0.05, 0) is 71.5 Å². The summed E-state index contributed by atoms with van der Waals surface area (Å²) < 4.78 is 0. The Morgan fingerprint density at radius 3 is 1.26 bits per heavy atom. The van der Waals surface area contributed by atoms with E-state index in [2.05, 4.69) is 34.3 Å². The summed E-state index contributed by atoms with van der Waals surface area (Å²) in [5.41, 5.74) is 7.20. The van der Waals surface area contributed by atoms with Crippen molar-refractivity contribution in [1.29, 1.82) is 0 Å². The number of benzene rings is 5. The number of phenols is 2. The zero-order valence-electron chi connectivity index (χ0n) is 20.9. The smallest absolute Gasteiger partial charge is 0.124 e. The third-order valence-electron chi connectivity index (χ3n) is 6.25. The zero-order valence-corrected chi connectivity index (χ0v) is 20.9. The molecule has 0 aromatic heterocycles. The molecule has 0 aliphatic rings. The van der Waals surface area contributed by atoms with Crippen LogP contribution in [0.25, 0.3) is 0 Å². The van der Waals surface area contributed by atoms with Crippen molar-refractivity contribution >= 4 is 23.8 Å². The van der Waals surface area contributed by atoms with Crippen molar-refractivity contribution in [3.63, 3.8) is 0 Å². The Balaban J connectivity index is 1.36. The molecule has 0 saturated carbocycles. The van der Waals surface area contributed by atoms with Crippen molar-refractivity contribution in [2.75, 3.05) is 0 Å². The molecule has 0 unspecified atom stereocenters. The Labute approximate surface area is 222 Å². The van der Waals surface area contributed by atoms with Crippen LogP contribution in [0, 0.1) is 0 Å². The molecule has 5 aromatic rings. The number of aliphatic imine (C=N–C) groups is 2. The van der Waals surface area contributed by atoms with Gasteiger partial charge in [-0.1, -0.05) is 84.9 Å². The van der Waals surface area contributed by atoms with Gasteiger partial charge in [0.05, 0.1) is 11.4 Å². The molecule has 186 valence electrons. The van der Waals surface area contributed by atoms with E-state index in [0.29, 0.717) is 22.5 Å². The molecule has 5 rings (SSSR count). The van der Waals surface area contributed by atoms with Gasteiger partial charge in [0.25, 0.3) is 0 Å². The Morgan fingerprint density at radius 2 is 0.842 bits per heavy atom. The second kappa shape index (κ2) is 11.8. The highest BCUT2D eigenvalue weighted by molar-refractivity contribution is 5.89. The summed E-state index contributed by atoms with van der Waals surface area (Å²) in [6.07, 6.45) is 4.87. The Hall–Kier alpha value is -4.96. The van der Waals surface area contributed by atoms with E-state index in [1.165, 1.54) is 11.1 Å². The van der Waals surface area contributed by atoms with Crippen molar-refractivity contribution < 1.29 is 10.2 Å². The lowest BCUT2D eigenvalue weighted by Gasteiger charge is -2.06. The van der Waals surface area contributed by atoms with Gasteiger partial charge in [0.15, 0.2) is 0 Å². The predicted molar refractivity (Wildman–Crippen MR) is 156 cm³/mol. The summed E-state index contributed by atoms with van der Waals surface area (Å²) in [6, 6.07) is 39.2. The summed E-state index contributed by atoms with van der Waals surface area (Å²) in [7, 11) is 0. The predicted octanol–water partition coefficient (Wildman–Crippen LogP) is 7.78. The van der Waals surface area contributed by atoms with Crippen LogP contribution in [0.2, 0.25) is 0 Å². The van der Waals surface area contributed by atoms with E-state index in [1.54, 1.807) is 24.6 Å². The van der Waals surface area contributed by atoms with Gasteiger partial charge < -0.3 is 10.2 Å². The number of hydrogen-bond acceptors (Lipinski definition) is 4. The molecular weight excluding hydrogens is 468 g/mol. The summed E-state index contributed by atoms with van der Waals surface area (Å²) in [4.78, 5) is 9.26. The normalized spacial score (nSPS) is 11.4. The Kier molecular flexibility index (Phi) is 7.71. The number of para-hydroxylation sites is 2. The highest BCUT2D eigenvalue weighted by Crippen LogP contribution is 2.29. The maximum absolute atomic E-state index is 10.4. The lowest BCUT2D eigenvalue weighted by atomic mass is 10.0. The van der Waals surface area contributed by atoms with Gasteiger partial charge in [-0.2, -0.15) is 0 Å². The average Bonchev–Trinajstić information content (AvgIpc) is 2.95. The van der Waals surface area contributed by atoms with Crippen LogP contribution < -0.4 is 0 Å². The quantitative estimate of drug-likeness (QED) is 0.215. The molecule has 5 aromatic carbocycles. The number of aromatic hydroxyl groups is 2. The minimum absolute atomic E-state index is 0.173. The SMILES string of the molecule is Oc1ccc(Cc2ccccc2)cc1C=Nc1ccccc1N=Cc1cc(Cc2ccccc2)ccc1O. The van der Waals surface area contributed by atoms with Gasteiger partial charge in [-0.25, -0.2) is 0 Å². The second-order valence-electron chi connectivity index (χ2n) is 9.12. The number of phenolic OH excluding ortho intramolecular Hbond substituents is 2. The number of rotatable bonds is 8. The van der Waals surface area contributed by atoms with Crippen LogP contribution >= 0.6 is 0 Å². The van der Waals surface area contributed by atoms with Crippen LogP contribution in [-0.2, 0) is 12.8 Å². The first kappa shape index (κ1) is 24.7. The first-order chi connectivity index (χ1) is 18.6. The van der Waals surface area contributed by atoms with Crippen molar-refractivity contribution in [1.82, 2.24) is 0 Å². The average molecular weight is 497 g/mol. The lowest BCUT2D eigenvalue weighted by Crippen LogP contribution is -1.91. The van der Waals surface area contributed by atoms with E-state index in [-0.39, 0.29) is 11.5 Å². The van der Waals surface area contributed by atoms with E-state index in [4.69, 9.17) is 0 Å². The third-order valence-corrected chi connectivity index (χ3v) is 6.25. The molecule has 0 radical (unpaired) electrons. The molecule has 0 atom stereocenters. The maximum Gasteiger partial charge on any atom is 0.124 e. The minimum atomic E-state index is 0.173. The van der Waals surface area contributed by atoms with Crippen LogP contribution in [0.5, 0.6) is 11.5 Å². The molecule has 0 amide bonds. The third kappa shape index (κ3) is 6.42. The monoisotopic (exact) mass is 496 g/mol. The minimum Gasteiger partial charge on any atom is -0.507 e. The van der Waals surface area contributed by atoms with Gasteiger partial charge in [-0.3, -0.25) is 9.98 Å². The molecule has 0 aliphatic heterocycles. The van der Waals surface area contributed by atoms with Crippen molar-refractivity contribution in [2.24, 2.45) is 9.98 Å². The molecular formula is C34H28N2O2. The molecule has 0 aliphatic carbocycles. The van der Waals surface area contributed by atoms with Crippen LogP contribution in [0.15, 0.2) is 131 Å². The fourth-order valence-electron chi connectivity index (χ4n) is 4.26. The molecule has 4 nitrogen and oxygen atoms in total. The van der Waals surface area contributed by atoms with Gasteiger partial charge in [0.1, 0.15) is 11.5 Å². The fourth-order valence-corrected chi connectivity index (χ4v) is 4.26. The zero-order chi connectivity index (χ0) is 26.2. The van der Waals surface area contributed by atoms with E-state index in [9.17, 15) is 10.2 Å². The van der Waals surface area contributed by atoms with Crippen LogP contribution in [0.1, 0.15) is 33.4 Å². The standard InChI is InChI=1S/C34H28N2O2/c37-33-17-15-27(19-25-9-3-1-4-10-25)21-29(33)23-35-31-13-7-8-14-32(31)36-24-30-22-28(16-18-34(30)38)20-26-11-5-2-6-12-26/h1-18,21-24,37-38H,19-20H2. The topological polar surface area (TPSA) is 65.2 Å². The van der Waals surface area contributed by atoms with Gasteiger partial charge in [0.2, 0.25) is 0 Å². The molecule has 0 bridgehead atoms. The second-order valence-corrected chi connectivity index (χ2v) is 9.12. The highest BCUT2D eigenvalue weighted by atomic mass is 16.3. The van der Waals surface area contributed by atoms with Crippen molar-refractivity contribution in [3.05, 3.63) is 155 Å².